The molecule has 0 saturated carbocycles. The standard InChI is InChI=1S/C19H12ClNO4/c20-15-3-1-2-14(11-15)18-21-16(19(24)25-18)10-13-6-4-12(5-7-13)8-9-17(22)23/h1-11H,(H,22,23)/b9-8+,16-10-. The number of carbonyl (C=O) groups excluding carboxylic acids is 1. The number of rotatable bonds is 4. The number of cyclic esters (lactones) is 1. The molecule has 25 heavy (non-hydrogen) atoms. The van der Waals surface area contributed by atoms with E-state index in [0.29, 0.717) is 10.6 Å². The molecule has 0 unspecified atom stereocenters. The number of carboxylic acid groups (broad SMARTS) is 1. The number of carboxylic acids is 1. The Labute approximate surface area is 148 Å². The van der Waals surface area contributed by atoms with Crippen LogP contribution in [0.25, 0.3) is 12.2 Å². The summed E-state index contributed by atoms with van der Waals surface area (Å²) in [5.74, 6) is -1.34. The quantitative estimate of drug-likeness (QED) is 0.670. The second kappa shape index (κ2) is 7.15. The molecule has 0 aromatic heterocycles. The van der Waals surface area contributed by atoms with Crippen LogP contribution in [0.4, 0.5) is 0 Å². The highest BCUT2D eigenvalue weighted by Gasteiger charge is 2.24. The Morgan fingerprint density at radius 2 is 1.84 bits per heavy atom. The average molecular weight is 354 g/mol. The molecule has 1 N–H and O–H groups in total. The largest absolute Gasteiger partial charge is 0.478 e. The molecular weight excluding hydrogens is 342 g/mol. The number of halogens is 1. The van der Waals surface area contributed by atoms with E-state index < -0.39 is 11.9 Å². The average Bonchev–Trinajstić information content (AvgIpc) is 2.95. The van der Waals surface area contributed by atoms with E-state index in [-0.39, 0.29) is 11.6 Å². The molecule has 124 valence electrons. The van der Waals surface area contributed by atoms with Crippen molar-refractivity contribution in [2.75, 3.05) is 0 Å². The van der Waals surface area contributed by atoms with Crippen molar-refractivity contribution in [1.82, 2.24) is 0 Å². The van der Waals surface area contributed by atoms with Gasteiger partial charge in [-0.1, -0.05) is 41.9 Å². The minimum absolute atomic E-state index is 0.184. The molecule has 0 amide bonds. The molecular formula is C19H12ClNO4. The maximum atomic E-state index is 12.0. The van der Waals surface area contributed by atoms with Crippen LogP contribution in [0.15, 0.2) is 65.3 Å². The number of hydrogen-bond donors (Lipinski definition) is 1. The Bertz CT molecular complexity index is 927. The van der Waals surface area contributed by atoms with Crippen LogP contribution in [0.3, 0.4) is 0 Å². The zero-order valence-corrected chi connectivity index (χ0v) is 13.6. The van der Waals surface area contributed by atoms with Gasteiger partial charge in [-0.2, -0.15) is 0 Å². The number of ether oxygens (including phenoxy) is 1. The summed E-state index contributed by atoms with van der Waals surface area (Å²) in [5, 5.41) is 9.14. The third-order valence-electron chi connectivity index (χ3n) is 3.35. The number of carbonyl (C=O) groups is 2. The van der Waals surface area contributed by atoms with Gasteiger partial charge >= 0.3 is 11.9 Å². The molecule has 0 atom stereocenters. The van der Waals surface area contributed by atoms with Crippen molar-refractivity contribution >= 4 is 41.6 Å². The molecule has 6 heteroatoms. The van der Waals surface area contributed by atoms with Crippen molar-refractivity contribution in [3.8, 4) is 0 Å². The fourth-order valence-corrected chi connectivity index (χ4v) is 2.37. The third-order valence-corrected chi connectivity index (χ3v) is 3.59. The lowest BCUT2D eigenvalue weighted by atomic mass is 10.1. The lowest BCUT2D eigenvalue weighted by Crippen LogP contribution is -2.05. The smallest absolute Gasteiger partial charge is 0.363 e. The normalized spacial score (nSPS) is 15.5. The van der Waals surface area contributed by atoms with E-state index in [4.69, 9.17) is 21.4 Å². The molecule has 2 aromatic rings. The molecule has 2 aromatic carbocycles. The summed E-state index contributed by atoms with van der Waals surface area (Å²) in [6.45, 7) is 0. The van der Waals surface area contributed by atoms with E-state index in [0.717, 1.165) is 17.2 Å². The molecule has 0 spiro atoms. The maximum absolute atomic E-state index is 12.0. The minimum Gasteiger partial charge on any atom is -0.478 e. The number of benzene rings is 2. The fraction of sp³-hybridized carbons (Fsp3) is 0. The monoisotopic (exact) mass is 353 g/mol. The van der Waals surface area contributed by atoms with Crippen LogP contribution >= 0.6 is 11.6 Å². The van der Waals surface area contributed by atoms with Gasteiger partial charge in [0, 0.05) is 16.7 Å². The number of hydrogen-bond acceptors (Lipinski definition) is 4. The van der Waals surface area contributed by atoms with Crippen molar-refractivity contribution in [2.24, 2.45) is 4.99 Å². The summed E-state index contributed by atoms with van der Waals surface area (Å²) >= 11 is 5.93. The number of aliphatic imine (C=N–C) groups is 1. The molecule has 0 fully saturated rings. The van der Waals surface area contributed by atoms with Gasteiger partial charge in [0.1, 0.15) is 0 Å². The fourth-order valence-electron chi connectivity index (χ4n) is 2.18. The summed E-state index contributed by atoms with van der Waals surface area (Å²) in [6, 6.07) is 13.9. The van der Waals surface area contributed by atoms with Gasteiger partial charge in [0.15, 0.2) is 5.70 Å². The molecule has 5 nitrogen and oxygen atoms in total. The first-order chi connectivity index (χ1) is 12.0. The van der Waals surface area contributed by atoms with Crippen LogP contribution < -0.4 is 0 Å². The first kappa shape index (κ1) is 16.7. The summed E-state index contributed by atoms with van der Waals surface area (Å²) in [7, 11) is 0. The third kappa shape index (κ3) is 4.22. The first-order valence-electron chi connectivity index (χ1n) is 7.31. The van der Waals surface area contributed by atoms with E-state index >= 15 is 0 Å². The summed E-state index contributed by atoms with van der Waals surface area (Å²) in [6.07, 6.45) is 4.15. The van der Waals surface area contributed by atoms with Gasteiger partial charge in [0.25, 0.3) is 0 Å². The topological polar surface area (TPSA) is 76.0 Å². The predicted octanol–water partition coefficient (Wildman–Crippen LogP) is 3.78. The van der Waals surface area contributed by atoms with Gasteiger partial charge in [0.05, 0.1) is 0 Å². The van der Waals surface area contributed by atoms with Gasteiger partial charge in [-0.05, 0) is 41.5 Å². The Morgan fingerprint density at radius 1 is 1.12 bits per heavy atom. The lowest BCUT2D eigenvalue weighted by molar-refractivity contribution is -0.131. The Kier molecular flexibility index (Phi) is 4.77. The first-order valence-corrected chi connectivity index (χ1v) is 7.69. The predicted molar refractivity (Wildman–Crippen MR) is 95.2 cm³/mol. The van der Waals surface area contributed by atoms with Crippen LogP contribution in [0.1, 0.15) is 16.7 Å². The van der Waals surface area contributed by atoms with E-state index in [1.165, 1.54) is 6.08 Å². The van der Waals surface area contributed by atoms with E-state index in [2.05, 4.69) is 4.99 Å². The SMILES string of the molecule is O=C(O)/C=C/c1ccc(/C=C2\N=C(c3cccc(Cl)c3)OC2=O)cc1. The minimum atomic E-state index is -1.01. The maximum Gasteiger partial charge on any atom is 0.363 e. The van der Waals surface area contributed by atoms with E-state index in [1.54, 1.807) is 54.6 Å². The zero-order valence-electron chi connectivity index (χ0n) is 12.8. The summed E-state index contributed by atoms with van der Waals surface area (Å²) in [5.41, 5.74) is 2.29. The molecule has 0 aliphatic carbocycles. The van der Waals surface area contributed by atoms with Crippen LogP contribution in [-0.2, 0) is 14.3 Å². The van der Waals surface area contributed by atoms with E-state index in [9.17, 15) is 9.59 Å². The van der Waals surface area contributed by atoms with Crippen molar-refractivity contribution in [2.45, 2.75) is 0 Å². The molecule has 1 aliphatic heterocycles. The molecule has 1 aliphatic rings. The highest BCUT2D eigenvalue weighted by atomic mass is 35.5. The highest BCUT2D eigenvalue weighted by Crippen LogP contribution is 2.21. The summed E-state index contributed by atoms with van der Waals surface area (Å²) in [4.78, 5) is 26.7. The number of aliphatic carboxylic acids is 1. The molecule has 0 radical (unpaired) electrons. The zero-order chi connectivity index (χ0) is 17.8. The molecule has 3 rings (SSSR count). The Morgan fingerprint density at radius 3 is 2.52 bits per heavy atom. The number of nitrogens with zero attached hydrogens (tertiary/aromatic N) is 1. The van der Waals surface area contributed by atoms with Crippen LogP contribution in [0, 0.1) is 0 Å². The van der Waals surface area contributed by atoms with Gasteiger partial charge in [-0.3, -0.25) is 0 Å². The van der Waals surface area contributed by atoms with Crippen LogP contribution in [0.5, 0.6) is 0 Å². The lowest BCUT2D eigenvalue weighted by Gasteiger charge is -1.99. The molecule has 1 heterocycles. The van der Waals surface area contributed by atoms with Crippen molar-refractivity contribution in [3.05, 3.63) is 82.0 Å². The van der Waals surface area contributed by atoms with Crippen LogP contribution in [-0.4, -0.2) is 22.9 Å². The highest BCUT2D eigenvalue weighted by molar-refractivity contribution is 6.31. The summed E-state index contributed by atoms with van der Waals surface area (Å²) < 4.78 is 5.18. The Hall–Kier alpha value is -3.18. The second-order valence-corrected chi connectivity index (χ2v) is 5.62. The van der Waals surface area contributed by atoms with E-state index in [1.807, 2.05) is 0 Å². The Balaban J connectivity index is 1.83. The van der Waals surface area contributed by atoms with Crippen molar-refractivity contribution < 1.29 is 19.4 Å². The van der Waals surface area contributed by atoms with Gasteiger partial charge in [-0.15, -0.1) is 0 Å². The van der Waals surface area contributed by atoms with Gasteiger partial charge in [0.2, 0.25) is 5.90 Å². The number of esters is 1. The van der Waals surface area contributed by atoms with Crippen molar-refractivity contribution in [1.29, 1.82) is 0 Å². The molecule has 0 saturated heterocycles. The van der Waals surface area contributed by atoms with Gasteiger partial charge < -0.3 is 9.84 Å². The van der Waals surface area contributed by atoms with Gasteiger partial charge in [-0.25, -0.2) is 14.6 Å². The molecule has 0 bridgehead atoms. The van der Waals surface area contributed by atoms with Crippen molar-refractivity contribution in [3.63, 3.8) is 0 Å². The van der Waals surface area contributed by atoms with Crippen LogP contribution in [0.2, 0.25) is 5.02 Å². The second-order valence-electron chi connectivity index (χ2n) is 5.18.